The van der Waals surface area contributed by atoms with Crippen LogP contribution in [-0.4, -0.2) is 11.2 Å². The van der Waals surface area contributed by atoms with E-state index in [4.69, 9.17) is 4.74 Å². The second-order valence-electron chi connectivity index (χ2n) is 4.55. The monoisotopic (exact) mass is 178 g/mol. The van der Waals surface area contributed by atoms with Crippen LogP contribution in [0.5, 0.6) is 0 Å². The van der Waals surface area contributed by atoms with E-state index >= 15 is 0 Å². The molecule has 2 heterocycles. The van der Waals surface area contributed by atoms with Crippen LogP contribution < -0.4 is 0 Å². The smallest absolute Gasteiger partial charge is 0.0842 e. The van der Waals surface area contributed by atoms with E-state index in [0.29, 0.717) is 0 Å². The lowest BCUT2D eigenvalue weighted by Gasteiger charge is -2.48. The molecule has 0 radical (unpaired) electrons. The minimum atomic E-state index is 0.0134. The average molecular weight is 178 g/mol. The summed E-state index contributed by atoms with van der Waals surface area (Å²) in [4.78, 5) is 0. The molecule has 0 aromatic rings. The molecule has 1 saturated heterocycles. The first-order chi connectivity index (χ1) is 6.18. The van der Waals surface area contributed by atoms with Crippen LogP contribution in [0.1, 0.15) is 39.0 Å². The minimum Gasteiger partial charge on any atom is -0.364 e. The third-order valence-electron chi connectivity index (χ3n) is 3.23. The predicted molar refractivity (Wildman–Crippen MR) is 54.6 cm³/mol. The van der Waals surface area contributed by atoms with Crippen LogP contribution in [0.15, 0.2) is 24.8 Å². The van der Waals surface area contributed by atoms with E-state index in [1.165, 1.54) is 19.3 Å². The Bertz CT molecular complexity index is 244. The fraction of sp³-hybridized carbons (Fsp3) is 0.667. The van der Waals surface area contributed by atoms with Gasteiger partial charge in [0.05, 0.1) is 11.2 Å². The molecule has 2 rings (SSSR count). The molecule has 13 heavy (non-hydrogen) atoms. The first kappa shape index (κ1) is 9.01. The molecule has 0 aromatic heterocycles. The van der Waals surface area contributed by atoms with Crippen LogP contribution in [0.4, 0.5) is 0 Å². The fourth-order valence-corrected chi connectivity index (χ4v) is 2.63. The predicted octanol–water partition coefficient (Wildman–Crippen LogP) is 3.22. The van der Waals surface area contributed by atoms with E-state index in [2.05, 4.69) is 25.7 Å². The lowest BCUT2D eigenvalue weighted by molar-refractivity contribution is -0.164. The van der Waals surface area contributed by atoms with Crippen molar-refractivity contribution in [2.24, 2.45) is 0 Å². The minimum absolute atomic E-state index is 0.0134. The summed E-state index contributed by atoms with van der Waals surface area (Å²) in [6.07, 6.45) is 12.2. The van der Waals surface area contributed by atoms with Crippen molar-refractivity contribution >= 4 is 0 Å². The van der Waals surface area contributed by atoms with Gasteiger partial charge in [-0.05, 0) is 39.0 Å². The fourth-order valence-electron chi connectivity index (χ4n) is 2.63. The van der Waals surface area contributed by atoms with Crippen LogP contribution in [0, 0.1) is 0 Å². The molecule has 2 aliphatic rings. The molecular weight excluding hydrogens is 160 g/mol. The zero-order chi connectivity index (χ0) is 9.36. The van der Waals surface area contributed by atoms with Gasteiger partial charge in [-0.15, -0.1) is 6.58 Å². The van der Waals surface area contributed by atoms with Gasteiger partial charge in [-0.3, -0.25) is 0 Å². The van der Waals surface area contributed by atoms with Gasteiger partial charge in [-0.2, -0.15) is 0 Å². The van der Waals surface area contributed by atoms with Gasteiger partial charge in [-0.25, -0.2) is 0 Å². The summed E-state index contributed by atoms with van der Waals surface area (Å²) < 4.78 is 6.18. The van der Waals surface area contributed by atoms with Crippen molar-refractivity contribution in [1.29, 1.82) is 0 Å². The van der Waals surface area contributed by atoms with Gasteiger partial charge >= 0.3 is 0 Å². The molecule has 1 fully saturated rings. The quantitative estimate of drug-likeness (QED) is 0.590. The van der Waals surface area contributed by atoms with Crippen molar-refractivity contribution in [3.05, 3.63) is 24.8 Å². The zero-order valence-corrected chi connectivity index (χ0v) is 8.38. The third kappa shape index (κ3) is 1.58. The summed E-state index contributed by atoms with van der Waals surface area (Å²) >= 11 is 0. The average Bonchev–Trinajstić information content (AvgIpc) is 2.02. The third-order valence-corrected chi connectivity index (χ3v) is 3.23. The maximum atomic E-state index is 6.18. The Morgan fingerprint density at radius 1 is 1.54 bits per heavy atom. The highest BCUT2D eigenvalue weighted by Gasteiger charge is 2.42. The summed E-state index contributed by atoms with van der Waals surface area (Å²) in [6.45, 7) is 6.01. The summed E-state index contributed by atoms with van der Waals surface area (Å²) in [5.41, 5.74) is 0.100. The molecule has 1 heteroatoms. The standard InChI is InChI=1S/C12H18O/c1-3-6-12-9-4-7-11(2,13-12)8-5-10-12/h3-4,7H,1,5-6,8-10H2,2H3/t11-,12+/m1/s1. The molecule has 0 N–H and O–H groups in total. The van der Waals surface area contributed by atoms with E-state index in [-0.39, 0.29) is 11.2 Å². The lowest BCUT2D eigenvalue weighted by Crippen LogP contribution is -2.48. The number of hydrogen-bond donors (Lipinski definition) is 0. The molecule has 0 aliphatic carbocycles. The van der Waals surface area contributed by atoms with Gasteiger partial charge in [0.15, 0.2) is 0 Å². The first-order valence-corrected chi connectivity index (χ1v) is 5.17. The summed E-state index contributed by atoms with van der Waals surface area (Å²) in [5, 5.41) is 0. The van der Waals surface area contributed by atoms with E-state index < -0.39 is 0 Å². The van der Waals surface area contributed by atoms with Crippen LogP contribution in [-0.2, 0) is 4.74 Å². The van der Waals surface area contributed by atoms with Crippen molar-refractivity contribution < 1.29 is 4.74 Å². The van der Waals surface area contributed by atoms with Gasteiger partial charge in [-0.1, -0.05) is 18.2 Å². The molecule has 0 amide bonds. The molecule has 1 nitrogen and oxygen atoms in total. The molecule has 0 aromatic carbocycles. The zero-order valence-electron chi connectivity index (χ0n) is 8.38. The maximum absolute atomic E-state index is 6.18. The van der Waals surface area contributed by atoms with Crippen molar-refractivity contribution in [1.82, 2.24) is 0 Å². The Kier molecular flexibility index (Phi) is 2.07. The van der Waals surface area contributed by atoms with Crippen molar-refractivity contribution in [3.63, 3.8) is 0 Å². The van der Waals surface area contributed by atoms with Gasteiger partial charge in [0.25, 0.3) is 0 Å². The Hall–Kier alpha value is -0.560. The van der Waals surface area contributed by atoms with Gasteiger partial charge < -0.3 is 4.74 Å². The normalized spacial score (nSPS) is 43.2. The Morgan fingerprint density at radius 3 is 3.15 bits per heavy atom. The van der Waals surface area contributed by atoms with Crippen LogP contribution >= 0.6 is 0 Å². The molecule has 0 saturated carbocycles. The van der Waals surface area contributed by atoms with Crippen molar-refractivity contribution in [3.8, 4) is 0 Å². The Labute approximate surface area is 80.5 Å². The molecule has 2 bridgehead atoms. The number of ether oxygens (including phenoxy) is 1. The molecule has 72 valence electrons. The van der Waals surface area contributed by atoms with Crippen molar-refractivity contribution in [2.45, 2.75) is 50.2 Å². The number of hydrogen-bond acceptors (Lipinski definition) is 1. The maximum Gasteiger partial charge on any atom is 0.0842 e. The summed E-state index contributed by atoms with van der Waals surface area (Å²) in [6, 6.07) is 0. The van der Waals surface area contributed by atoms with E-state index in [1.807, 2.05) is 6.08 Å². The van der Waals surface area contributed by atoms with Crippen LogP contribution in [0.25, 0.3) is 0 Å². The second-order valence-corrected chi connectivity index (χ2v) is 4.55. The van der Waals surface area contributed by atoms with Gasteiger partial charge in [0.1, 0.15) is 0 Å². The largest absolute Gasteiger partial charge is 0.364 e. The highest BCUT2D eigenvalue weighted by molar-refractivity contribution is 5.12. The van der Waals surface area contributed by atoms with E-state index in [9.17, 15) is 0 Å². The highest BCUT2D eigenvalue weighted by atomic mass is 16.5. The lowest BCUT2D eigenvalue weighted by atomic mass is 9.78. The van der Waals surface area contributed by atoms with Gasteiger partial charge in [0, 0.05) is 0 Å². The van der Waals surface area contributed by atoms with Crippen LogP contribution in [0.3, 0.4) is 0 Å². The topological polar surface area (TPSA) is 9.23 Å². The molecular formula is C12H18O. The first-order valence-electron chi connectivity index (χ1n) is 5.17. The summed E-state index contributed by atoms with van der Waals surface area (Å²) in [7, 11) is 0. The SMILES string of the molecule is C=CC[C@]12CC=C[C@](C)(CCC1)O2. The van der Waals surface area contributed by atoms with E-state index in [0.717, 1.165) is 12.8 Å². The second kappa shape index (κ2) is 2.98. The highest BCUT2D eigenvalue weighted by Crippen LogP contribution is 2.43. The molecule has 2 aliphatic heterocycles. The Morgan fingerprint density at radius 2 is 2.38 bits per heavy atom. The van der Waals surface area contributed by atoms with Crippen LogP contribution in [0.2, 0.25) is 0 Å². The molecule has 2 atom stereocenters. The molecule has 0 unspecified atom stereocenters. The van der Waals surface area contributed by atoms with Crippen molar-refractivity contribution in [2.75, 3.05) is 0 Å². The number of fused-ring (bicyclic) bond motifs is 2. The molecule has 0 spiro atoms. The van der Waals surface area contributed by atoms with Gasteiger partial charge in [0.2, 0.25) is 0 Å². The van der Waals surface area contributed by atoms with E-state index in [1.54, 1.807) is 0 Å². The Balaban J connectivity index is 2.22. The number of rotatable bonds is 2. The summed E-state index contributed by atoms with van der Waals surface area (Å²) in [5.74, 6) is 0.